The molecule has 1 aliphatic heterocycles. The average Bonchev–Trinajstić information content (AvgIpc) is 3.05. The minimum atomic E-state index is -0.811. The van der Waals surface area contributed by atoms with Gasteiger partial charge in [0.05, 0.1) is 0 Å². The largest absolute Gasteiger partial charge is 0.340 e. The van der Waals surface area contributed by atoms with Crippen LogP contribution in [0.25, 0.3) is 0 Å². The van der Waals surface area contributed by atoms with Gasteiger partial charge in [0.2, 0.25) is 11.8 Å². The van der Waals surface area contributed by atoms with Gasteiger partial charge in [-0.2, -0.15) is 0 Å². The van der Waals surface area contributed by atoms with E-state index in [1.54, 1.807) is 24.8 Å². The first-order chi connectivity index (χ1) is 7.84. The van der Waals surface area contributed by atoms with Gasteiger partial charge in [-0.15, -0.1) is 6.58 Å². The fourth-order valence-electron chi connectivity index (χ4n) is 2.59. The minimum Gasteiger partial charge on any atom is -0.340 e. The number of nitrogens with zero attached hydrogens (tertiary/aromatic N) is 1. The summed E-state index contributed by atoms with van der Waals surface area (Å²) in [5, 5.41) is 2.84. The fourth-order valence-corrected chi connectivity index (χ4v) is 2.59. The van der Waals surface area contributed by atoms with Crippen LogP contribution in [0.4, 0.5) is 0 Å². The van der Waals surface area contributed by atoms with E-state index in [2.05, 4.69) is 11.9 Å². The van der Waals surface area contributed by atoms with Crippen molar-refractivity contribution in [1.29, 1.82) is 0 Å². The van der Waals surface area contributed by atoms with Gasteiger partial charge in [-0.05, 0) is 39.5 Å². The third-order valence-corrected chi connectivity index (χ3v) is 3.91. The van der Waals surface area contributed by atoms with E-state index in [9.17, 15) is 9.59 Å². The predicted molar refractivity (Wildman–Crippen MR) is 65.3 cm³/mol. The van der Waals surface area contributed by atoms with Crippen molar-refractivity contribution in [3.63, 3.8) is 0 Å². The van der Waals surface area contributed by atoms with Crippen molar-refractivity contribution >= 4 is 11.8 Å². The van der Waals surface area contributed by atoms with Crippen LogP contribution in [-0.4, -0.2) is 34.3 Å². The Labute approximate surface area is 102 Å². The molecule has 0 aromatic rings. The van der Waals surface area contributed by atoms with Crippen LogP contribution in [-0.2, 0) is 9.59 Å². The summed E-state index contributed by atoms with van der Waals surface area (Å²) in [5.41, 5.74) is -1.50. The maximum Gasteiger partial charge on any atom is 0.248 e. The highest BCUT2D eigenvalue weighted by Gasteiger charge is 2.58. The van der Waals surface area contributed by atoms with Gasteiger partial charge in [0.25, 0.3) is 0 Å². The first kappa shape index (κ1) is 12.1. The molecule has 0 bridgehead atoms. The molecule has 2 amide bonds. The van der Waals surface area contributed by atoms with Crippen molar-refractivity contribution in [1.82, 2.24) is 10.2 Å². The molecule has 94 valence electrons. The molecule has 1 aliphatic carbocycles. The molecule has 1 saturated heterocycles. The van der Waals surface area contributed by atoms with Gasteiger partial charge in [0, 0.05) is 6.54 Å². The lowest BCUT2D eigenvalue weighted by atomic mass is 9.84. The number of amides is 2. The van der Waals surface area contributed by atoms with Crippen LogP contribution in [0.5, 0.6) is 0 Å². The highest BCUT2D eigenvalue weighted by atomic mass is 16.2. The Hall–Kier alpha value is -1.32. The molecule has 4 nitrogen and oxygen atoms in total. The zero-order chi connectivity index (χ0) is 12.8. The second-order valence-electron chi connectivity index (χ2n) is 5.71. The molecule has 1 saturated carbocycles. The van der Waals surface area contributed by atoms with E-state index in [0.29, 0.717) is 12.5 Å². The molecule has 0 spiro atoms. The molecule has 2 aliphatic rings. The van der Waals surface area contributed by atoms with Gasteiger partial charge in [-0.25, -0.2) is 0 Å². The first-order valence-corrected chi connectivity index (χ1v) is 6.09. The molecule has 0 aromatic carbocycles. The molecule has 1 heterocycles. The number of hydrogen-bond donors (Lipinski definition) is 1. The van der Waals surface area contributed by atoms with E-state index in [-0.39, 0.29) is 11.8 Å². The van der Waals surface area contributed by atoms with E-state index >= 15 is 0 Å². The molecule has 1 N–H and O–H groups in total. The SMILES string of the molecule is C=CCN1C(=O)C(C)(C)NC(=O)C1(C)C1CC1. The third-order valence-electron chi connectivity index (χ3n) is 3.91. The molecular formula is C13H20N2O2. The Morgan fingerprint density at radius 2 is 2.00 bits per heavy atom. The van der Waals surface area contributed by atoms with Crippen molar-refractivity contribution in [3.8, 4) is 0 Å². The summed E-state index contributed by atoms with van der Waals surface area (Å²) in [5.74, 6) is 0.236. The van der Waals surface area contributed by atoms with E-state index in [1.807, 2.05) is 6.92 Å². The van der Waals surface area contributed by atoms with Crippen LogP contribution in [0.3, 0.4) is 0 Å². The van der Waals surface area contributed by atoms with Crippen molar-refractivity contribution < 1.29 is 9.59 Å². The standard InChI is InChI=1S/C13H20N2O2/c1-5-8-15-11(17)12(2,3)14-10(16)13(15,4)9-6-7-9/h5,9H,1,6-8H2,2-4H3,(H,14,16). The summed E-state index contributed by atoms with van der Waals surface area (Å²) < 4.78 is 0. The summed E-state index contributed by atoms with van der Waals surface area (Å²) >= 11 is 0. The van der Waals surface area contributed by atoms with Crippen molar-refractivity contribution in [2.75, 3.05) is 6.54 Å². The van der Waals surface area contributed by atoms with E-state index in [4.69, 9.17) is 0 Å². The van der Waals surface area contributed by atoms with Crippen molar-refractivity contribution in [2.24, 2.45) is 5.92 Å². The lowest BCUT2D eigenvalue weighted by molar-refractivity contribution is -0.161. The molecular weight excluding hydrogens is 216 g/mol. The van der Waals surface area contributed by atoms with Crippen molar-refractivity contribution in [3.05, 3.63) is 12.7 Å². The predicted octanol–water partition coefficient (Wildman–Crippen LogP) is 1.08. The number of nitrogens with one attached hydrogen (secondary N) is 1. The summed E-state index contributed by atoms with van der Waals surface area (Å²) in [6.45, 7) is 9.48. The number of carbonyl (C=O) groups excluding carboxylic acids is 2. The van der Waals surface area contributed by atoms with Gasteiger partial charge >= 0.3 is 0 Å². The lowest BCUT2D eigenvalue weighted by Gasteiger charge is -2.49. The number of rotatable bonds is 3. The molecule has 4 heteroatoms. The van der Waals surface area contributed by atoms with Crippen molar-refractivity contribution in [2.45, 2.75) is 44.7 Å². The lowest BCUT2D eigenvalue weighted by Crippen LogP contribution is -2.74. The molecule has 1 atom stereocenters. The van der Waals surface area contributed by atoms with Gasteiger partial charge in [0.15, 0.2) is 0 Å². The molecule has 2 fully saturated rings. The monoisotopic (exact) mass is 236 g/mol. The minimum absolute atomic E-state index is 0.0219. The molecule has 2 rings (SSSR count). The Kier molecular flexibility index (Phi) is 2.56. The summed E-state index contributed by atoms with van der Waals surface area (Å²) in [7, 11) is 0. The van der Waals surface area contributed by atoms with Crippen LogP contribution >= 0.6 is 0 Å². The van der Waals surface area contributed by atoms with Crippen LogP contribution in [0.2, 0.25) is 0 Å². The van der Waals surface area contributed by atoms with Gasteiger partial charge in [0.1, 0.15) is 11.1 Å². The van der Waals surface area contributed by atoms with Crippen LogP contribution in [0, 0.1) is 5.92 Å². The smallest absolute Gasteiger partial charge is 0.248 e. The molecule has 1 unspecified atom stereocenters. The number of hydrogen-bond acceptors (Lipinski definition) is 2. The zero-order valence-electron chi connectivity index (χ0n) is 10.7. The second-order valence-corrected chi connectivity index (χ2v) is 5.71. The normalized spacial score (nSPS) is 32.3. The van der Waals surface area contributed by atoms with E-state index in [1.165, 1.54) is 0 Å². The van der Waals surface area contributed by atoms with Gasteiger partial charge in [-0.3, -0.25) is 9.59 Å². The van der Waals surface area contributed by atoms with Gasteiger partial charge < -0.3 is 10.2 Å². The van der Waals surface area contributed by atoms with Crippen LogP contribution in [0.15, 0.2) is 12.7 Å². The Morgan fingerprint density at radius 3 is 2.47 bits per heavy atom. The Balaban J connectivity index is 2.40. The topological polar surface area (TPSA) is 49.4 Å². The van der Waals surface area contributed by atoms with Gasteiger partial charge in [-0.1, -0.05) is 6.08 Å². The Bertz CT molecular complexity index is 385. The average molecular weight is 236 g/mol. The summed E-state index contributed by atoms with van der Waals surface area (Å²) in [6.07, 6.45) is 3.73. The first-order valence-electron chi connectivity index (χ1n) is 6.09. The second kappa shape index (κ2) is 3.59. The fraction of sp³-hybridized carbons (Fsp3) is 0.692. The van der Waals surface area contributed by atoms with Crippen LogP contribution in [0.1, 0.15) is 33.6 Å². The third kappa shape index (κ3) is 1.66. The molecule has 0 aromatic heterocycles. The number of piperazine rings is 1. The molecule has 0 radical (unpaired) electrons. The van der Waals surface area contributed by atoms with E-state index in [0.717, 1.165) is 12.8 Å². The highest BCUT2D eigenvalue weighted by molar-refractivity contribution is 6.02. The zero-order valence-corrected chi connectivity index (χ0v) is 10.7. The molecule has 17 heavy (non-hydrogen) atoms. The highest BCUT2D eigenvalue weighted by Crippen LogP contribution is 2.45. The summed E-state index contributed by atoms with van der Waals surface area (Å²) in [4.78, 5) is 26.4. The quantitative estimate of drug-likeness (QED) is 0.745. The maximum atomic E-state index is 12.4. The summed E-state index contributed by atoms with van der Waals surface area (Å²) in [6, 6.07) is 0. The van der Waals surface area contributed by atoms with Crippen LogP contribution < -0.4 is 5.32 Å². The van der Waals surface area contributed by atoms with E-state index < -0.39 is 11.1 Å². The Morgan fingerprint density at radius 1 is 1.41 bits per heavy atom. The maximum absolute atomic E-state index is 12.4. The number of carbonyl (C=O) groups is 2.